The molecule has 0 amide bonds. The SMILES string of the molecule is COC1Nc2nc(=O)cc(C)c3cn(C4O[C@H](CO)[C@@H](O)[C@]4(C)O)c(c23)N1. The number of aliphatic hydroxyl groups excluding tert-OH is 2. The van der Waals surface area contributed by atoms with E-state index in [1.165, 1.54) is 20.1 Å². The summed E-state index contributed by atoms with van der Waals surface area (Å²) in [5, 5.41) is 38.1. The fraction of sp³-hybridized carbons (Fsp3) is 0.529. The van der Waals surface area contributed by atoms with E-state index >= 15 is 0 Å². The molecule has 5 atom stereocenters. The van der Waals surface area contributed by atoms with E-state index in [0.29, 0.717) is 22.6 Å². The van der Waals surface area contributed by atoms with Crippen molar-refractivity contribution in [2.45, 2.75) is 44.2 Å². The summed E-state index contributed by atoms with van der Waals surface area (Å²) in [6, 6.07) is 1.42. The van der Waals surface area contributed by atoms with Crippen LogP contribution in [0.15, 0.2) is 17.1 Å². The van der Waals surface area contributed by atoms with Crippen LogP contribution in [0.1, 0.15) is 18.7 Å². The van der Waals surface area contributed by atoms with Crippen LogP contribution in [0.4, 0.5) is 11.6 Å². The predicted octanol–water partition coefficient (Wildman–Crippen LogP) is -0.526. The molecule has 2 aromatic heterocycles. The van der Waals surface area contributed by atoms with Gasteiger partial charge in [-0.3, -0.25) is 4.79 Å². The fourth-order valence-electron chi connectivity index (χ4n) is 3.75. The summed E-state index contributed by atoms with van der Waals surface area (Å²) in [7, 11) is 1.49. The zero-order chi connectivity index (χ0) is 19.5. The van der Waals surface area contributed by atoms with E-state index in [9.17, 15) is 20.1 Å². The number of hydrogen-bond donors (Lipinski definition) is 5. The maximum atomic E-state index is 12.0. The summed E-state index contributed by atoms with van der Waals surface area (Å²) >= 11 is 0. The molecule has 0 aliphatic carbocycles. The molecule has 146 valence electrons. The lowest BCUT2D eigenvalue weighted by atomic mass is 9.96. The first-order valence-corrected chi connectivity index (χ1v) is 8.57. The van der Waals surface area contributed by atoms with Crippen molar-refractivity contribution in [2.24, 2.45) is 0 Å². The third-order valence-corrected chi connectivity index (χ3v) is 5.21. The zero-order valence-electron chi connectivity index (χ0n) is 15.1. The fourth-order valence-corrected chi connectivity index (χ4v) is 3.75. The third kappa shape index (κ3) is 2.60. The maximum Gasteiger partial charge on any atom is 0.271 e. The maximum absolute atomic E-state index is 12.0. The van der Waals surface area contributed by atoms with Crippen LogP contribution in [0.3, 0.4) is 0 Å². The number of ether oxygens (including phenoxy) is 2. The Kier molecular flexibility index (Phi) is 4.13. The van der Waals surface area contributed by atoms with Gasteiger partial charge in [0.25, 0.3) is 5.56 Å². The first-order chi connectivity index (χ1) is 12.8. The molecule has 2 aliphatic heterocycles. The van der Waals surface area contributed by atoms with Gasteiger partial charge >= 0.3 is 0 Å². The van der Waals surface area contributed by atoms with Gasteiger partial charge < -0.3 is 40.0 Å². The summed E-state index contributed by atoms with van der Waals surface area (Å²) < 4.78 is 12.7. The van der Waals surface area contributed by atoms with E-state index < -0.39 is 37.0 Å². The monoisotopic (exact) mass is 378 g/mol. The summed E-state index contributed by atoms with van der Waals surface area (Å²) in [5.41, 5.74) is -1.34. The average Bonchev–Trinajstić information content (AvgIpc) is 3.06. The van der Waals surface area contributed by atoms with Crippen molar-refractivity contribution < 1.29 is 24.8 Å². The highest BCUT2D eigenvalue weighted by molar-refractivity contribution is 6.03. The van der Waals surface area contributed by atoms with Gasteiger partial charge in [-0.2, -0.15) is 4.98 Å². The molecule has 2 aromatic rings. The minimum absolute atomic E-state index is 0.347. The molecule has 0 spiro atoms. The number of hydrogen-bond acceptors (Lipinski definition) is 9. The number of nitrogens with zero attached hydrogens (tertiary/aromatic N) is 2. The number of aromatic nitrogens is 2. The van der Waals surface area contributed by atoms with Gasteiger partial charge in [0.05, 0.1) is 12.0 Å². The first-order valence-electron chi connectivity index (χ1n) is 8.57. The molecule has 1 fully saturated rings. The van der Waals surface area contributed by atoms with Gasteiger partial charge in [-0.05, 0) is 19.4 Å². The zero-order valence-corrected chi connectivity index (χ0v) is 15.1. The van der Waals surface area contributed by atoms with Crippen LogP contribution in [0.5, 0.6) is 0 Å². The van der Waals surface area contributed by atoms with Crippen molar-refractivity contribution >= 4 is 22.4 Å². The molecule has 0 aromatic carbocycles. The van der Waals surface area contributed by atoms with Gasteiger partial charge in [0.1, 0.15) is 29.4 Å². The lowest BCUT2D eigenvalue weighted by molar-refractivity contribution is -0.0956. The molecule has 0 bridgehead atoms. The van der Waals surface area contributed by atoms with Crippen LogP contribution in [0.2, 0.25) is 0 Å². The van der Waals surface area contributed by atoms with Crippen LogP contribution in [0.25, 0.3) is 10.8 Å². The summed E-state index contributed by atoms with van der Waals surface area (Å²) in [6.07, 6.45) is -2.10. The standard InChI is InChI=1S/C17H22N4O6/c1-7-4-10(23)18-13-11-8(7)5-21(14(11)20-16(19-13)26-3)15-17(2,25)12(24)9(6-22)27-15/h4-5,9,12,15-16,20,22,24-25H,6H2,1-3H3,(H,18,19,23)/t9-,12-,15?,16?,17+/m1/s1. The minimum Gasteiger partial charge on any atom is -0.394 e. The lowest BCUT2D eigenvalue weighted by Gasteiger charge is -2.31. The second-order valence-electron chi connectivity index (χ2n) is 7.08. The molecule has 4 rings (SSSR count). The average molecular weight is 378 g/mol. The predicted molar refractivity (Wildman–Crippen MR) is 96.4 cm³/mol. The Morgan fingerprint density at radius 2 is 2.19 bits per heavy atom. The van der Waals surface area contributed by atoms with Crippen molar-refractivity contribution in [3.8, 4) is 0 Å². The summed E-state index contributed by atoms with van der Waals surface area (Å²) in [4.78, 5) is 16.1. The Bertz CT molecular complexity index is 959. The second kappa shape index (κ2) is 6.14. The van der Waals surface area contributed by atoms with Crippen molar-refractivity contribution in [2.75, 3.05) is 24.4 Å². The van der Waals surface area contributed by atoms with Crippen molar-refractivity contribution in [1.29, 1.82) is 0 Å². The van der Waals surface area contributed by atoms with Crippen LogP contribution >= 0.6 is 0 Å². The van der Waals surface area contributed by atoms with Crippen molar-refractivity contribution in [3.63, 3.8) is 0 Å². The Morgan fingerprint density at radius 3 is 2.81 bits per heavy atom. The highest BCUT2D eigenvalue weighted by Gasteiger charge is 2.53. The highest BCUT2D eigenvalue weighted by Crippen LogP contribution is 2.44. The largest absolute Gasteiger partial charge is 0.394 e. The normalized spacial score (nSPS) is 32.4. The van der Waals surface area contributed by atoms with Crippen LogP contribution in [0, 0.1) is 6.92 Å². The first kappa shape index (κ1) is 18.1. The number of aryl methyl sites for hydroxylation is 1. The molecule has 2 unspecified atom stereocenters. The number of anilines is 2. The third-order valence-electron chi connectivity index (χ3n) is 5.21. The van der Waals surface area contributed by atoms with Gasteiger partial charge in [-0.15, -0.1) is 0 Å². The highest BCUT2D eigenvalue weighted by atomic mass is 16.6. The Morgan fingerprint density at radius 1 is 1.44 bits per heavy atom. The van der Waals surface area contributed by atoms with E-state index in [1.54, 1.807) is 17.7 Å². The molecule has 10 heteroatoms. The van der Waals surface area contributed by atoms with Crippen molar-refractivity contribution in [1.82, 2.24) is 9.55 Å². The topological polar surface area (TPSA) is 138 Å². The molecular formula is C17H22N4O6. The number of nitrogens with one attached hydrogen (secondary N) is 2. The van der Waals surface area contributed by atoms with Crippen molar-refractivity contribution in [3.05, 3.63) is 28.2 Å². The molecule has 2 aliphatic rings. The van der Waals surface area contributed by atoms with Gasteiger partial charge in [0.15, 0.2) is 6.23 Å². The van der Waals surface area contributed by atoms with Crippen LogP contribution < -0.4 is 16.2 Å². The van der Waals surface area contributed by atoms with Gasteiger partial charge in [0, 0.05) is 24.8 Å². The lowest BCUT2D eigenvalue weighted by Crippen LogP contribution is -2.44. The van der Waals surface area contributed by atoms with Gasteiger partial charge in [0.2, 0.25) is 6.35 Å². The second-order valence-corrected chi connectivity index (χ2v) is 7.08. The molecule has 5 N–H and O–H groups in total. The van der Waals surface area contributed by atoms with E-state index in [1.807, 2.05) is 0 Å². The summed E-state index contributed by atoms with van der Waals surface area (Å²) in [5.74, 6) is 0.868. The smallest absolute Gasteiger partial charge is 0.271 e. The Labute approximate surface area is 154 Å². The summed E-state index contributed by atoms with van der Waals surface area (Å²) in [6.45, 7) is 2.81. The Balaban J connectivity index is 1.97. The van der Waals surface area contributed by atoms with E-state index in [4.69, 9.17) is 9.47 Å². The molecule has 4 heterocycles. The quantitative estimate of drug-likeness (QED) is 0.477. The van der Waals surface area contributed by atoms with Gasteiger partial charge in [-0.1, -0.05) is 0 Å². The molecule has 0 saturated carbocycles. The van der Waals surface area contributed by atoms with E-state index in [0.717, 1.165) is 5.39 Å². The minimum atomic E-state index is -1.65. The Hall–Kier alpha value is -2.24. The molecule has 10 nitrogen and oxygen atoms in total. The van der Waals surface area contributed by atoms with E-state index in [-0.39, 0.29) is 5.56 Å². The van der Waals surface area contributed by atoms with Crippen LogP contribution in [-0.2, 0) is 9.47 Å². The number of aliphatic hydroxyl groups is 3. The number of rotatable bonds is 3. The van der Waals surface area contributed by atoms with E-state index in [2.05, 4.69) is 15.6 Å². The molecular weight excluding hydrogens is 356 g/mol. The molecule has 1 saturated heterocycles. The van der Waals surface area contributed by atoms with Gasteiger partial charge in [-0.25, -0.2) is 0 Å². The number of methoxy groups -OCH3 is 1. The molecule has 0 radical (unpaired) electrons. The van der Waals surface area contributed by atoms with Crippen LogP contribution in [-0.4, -0.2) is 62.7 Å². The molecule has 27 heavy (non-hydrogen) atoms.